The topological polar surface area (TPSA) is 332 Å². The third-order valence-electron chi connectivity index (χ3n) is 14.9. The maximum atomic E-state index is 13.2. The van der Waals surface area contributed by atoms with Crippen molar-refractivity contribution in [1.82, 2.24) is 23.8 Å². The molecule has 0 radical (unpaired) electrons. The van der Waals surface area contributed by atoms with Crippen molar-refractivity contribution in [2.24, 2.45) is 0 Å². The van der Waals surface area contributed by atoms with E-state index in [0.29, 0.717) is 6.61 Å². The lowest BCUT2D eigenvalue weighted by Gasteiger charge is -2.39. The van der Waals surface area contributed by atoms with Crippen LogP contribution in [-0.4, -0.2) is 224 Å². The summed E-state index contributed by atoms with van der Waals surface area (Å²) in [6.07, 6.45) is 10.1. The lowest BCUT2D eigenvalue weighted by molar-refractivity contribution is -0.149. The van der Waals surface area contributed by atoms with Gasteiger partial charge in [0.25, 0.3) is 8.32 Å². The van der Waals surface area contributed by atoms with Crippen molar-refractivity contribution in [2.45, 2.75) is 246 Å². The van der Waals surface area contributed by atoms with Gasteiger partial charge >= 0.3 is 60.3 Å². The molecule has 6 atom stereocenters. The Bertz CT molecular complexity index is 3080. The predicted molar refractivity (Wildman–Crippen MR) is 374 cm³/mol. The summed E-state index contributed by atoms with van der Waals surface area (Å²) in [5.74, 6) is -3.22. The molecule has 2 aromatic heterocycles. The number of aliphatic hydroxyl groups is 2. The summed E-state index contributed by atoms with van der Waals surface area (Å²) in [5.41, 5.74) is -3.42. The highest BCUT2D eigenvalue weighted by Gasteiger charge is 2.48. The van der Waals surface area contributed by atoms with Crippen LogP contribution < -0.4 is 0 Å². The SMILES string of the molecule is CC(C)(C)OC(=O)N1[C@@H](CO)C=C[C@H]1CO.CC(C)(C)OC(=O)N1[C@@H](CO[Si](C)(C)C(C)(C)C)C=C[C@H]1C(=O)O[Si](C)(C)C(C)(C)C.CC(C)(C)OC(=O)n1cccc1.COC(=O)[C@H]1C=C[C@@H](C(=O)OC)N1C(=O)OC(C)(C)C.COC(=O)c1ccc(C(=O)OC)n1C(=O)OC(C)(C)C. The smallest absolute Gasteiger partial charge is 0.419 e. The molecule has 5 rings (SSSR count). The summed E-state index contributed by atoms with van der Waals surface area (Å²) in [4.78, 5) is 124. The molecule has 560 valence electrons. The molecule has 2 aromatic rings. The minimum Gasteiger partial charge on any atom is -0.517 e. The van der Waals surface area contributed by atoms with E-state index in [2.05, 4.69) is 73.6 Å². The van der Waals surface area contributed by atoms with Crippen molar-refractivity contribution in [1.29, 1.82) is 0 Å². The Morgan fingerprint density at radius 1 is 0.394 bits per heavy atom. The molecule has 0 aromatic carbocycles. The second kappa shape index (κ2) is 36.0. The van der Waals surface area contributed by atoms with Gasteiger partial charge < -0.3 is 61.7 Å². The van der Waals surface area contributed by atoms with Gasteiger partial charge in [0.05, 0.1) is 66.4 Å². The first kappa shape index (κ1) is 89.2. The van der Waals surface area contributed by atoms with Crippen LogP contribution in [0.1, 0.15) is 166 Å². The number of carbonyl (C=O) groups is 10. The summed E-state index contributed by atoms with van der Waals surface area (Å²) in [6.45, 7) is 47.5. The molecule has 0 bridgehead atoms. The van der Waals surface area contributed by atoms with Gasteiger partial charge in [-0.05, 0) is 164 Å². The number of rotatable bonds is 11. The standard InChI is InChI=1S/C23H45NO5Si2.C13H19NO6.C13H17NO6.C11H19NO4.C9H13NO2/c1-21(2,3)28-20(26)24-17(16-27-30(10,11)22(4,5)6)14-15-18(24)19(25)29-31(12,13)23(7,8)9;2*1-13(2,3)20-12(17)14-8(10(15)18-4)6-7-9(14)11(16)19-5;1-11(2,3)16-10(15)12-8(6-13)4-5-9(12)7-14;1-9(2,3)12-8(11)10-6-4-5-7-10/h14-15,17-18H,16H2,1-13H3;6-9H,1-5H3;6-7H,1-5H3;4-5,8-9,13-14H,6-7H2,1-3H3;4-7H,1-3H3/t17-,18+;8-,9+;;8-,9+;/m1..../s1. The number of aromatic nitrogens is 2. The van der Waals surface area contributed by atoms with Gasteiger partial charge in [0.1, 0.15) is 39.4 Å². The van der Waals surface area contributed by atoms with Gasteiger partial charge in [-0.1, -0.05) is 78.0 Å². The molecular weight excluding hydrogens is 1320 g/mol. The fourth-order valence-electron chi connectivity index (χ4n) is 8.04. The number of esters is 4. The monoisotopic (exact) mass is 1440 g/mol. The summed E-state index contributed by atoms with van der Waals surface area (Å²) in [6, 6.07) is 2.15. The quantitative estimate of drug-likeness (QED) is 0.0913. The van der Waals surface area contributed by atoms with Crippen LogP contribution in [0.2, 0.25) is 36.3 Å². The Labute approximate surface area is 586 Å². The fourth-order valence-corrected chi connectivity index (χ4v) is 9.99. The maximum Gasteiger partial charge on any atom is 0.419 e. The Kier molecular flexibility index (Phi) is 32.4. The minimum atomic E-state index is -2.33. The van der Waals surface area contributed by atoms with E-state index in [-0.39, 0.29) is 46.8 Å². The zero-order valence-corrected chi connectivity index (χ0v) is 65.7. The molecule has 0 fully saturated rings. The van der Waals surface area contributed by atoms with E-state index < -0.39 is 129 Å². The summed E-state index contributed by atoms with van der Waals surface area (Å²) in [5, 5.41) is 18.2. The van der Waals surface area contributed by atoms with E-state index in [1.807, 2.05) is 60.7 Å². The number of ether oxygens (including phenoxy) is 9. The molecule has 30 heteroatoms. The van der Waals surface area contributed by atoms with E-state index in [4.69, 9.17) is 42.7 Å². The highest BCUT2D eigenvalue weighted by atomic mass is 28.4. The number of carbonyl (C=O) groups excluding carboxylic acids is 10. The van der Waals surface area contributed by atoms with Gasteiger partial charge in [0.15, 0.2) is 26.4 Å². The molecule has 3 amide bonds. The lowest BCUT2D eigenvalue weighted by Crippen LogP contribution is -2.53. The first-order valence-corrected chi connectivity index (χ1v) is 38.0. The molecule has 3 aliphatic rings. The van der Waals surface area contributed by atoms with Crippen molar-refractivity contribution in [3.05, 3.63) is 84.5 Å². The zero-order valence-electron chi connectivity index (χ0n) is 63.7. The maximum absolute atomic E-state index is 13.2. The number of nitrogens with zero attached hydrogens (tertiary/aromatic N) is 5. The molecule has 0 spiro atoms. The normalized spacial score (nSPS) is 18.4. The molecule has 0 unspecified atom stereocenters. The molecular formula is C69H113N5O23Si2. The molecule has 3 aliphatic heterocycles. The van der Waals surface area contributed by atoms with Crippen LogP contribution in [0.15, 0.2) is 73.1 Å². The second-order valence-corrected chi connectivity index (χ2v) is 40.5. The lowest BCUT2D eigenvalue weighted by atomic mass is 10.2. The average molecular weight is 1440 g/mol. The summed E-state index contributed by atoms with van der Waals surface area (Å²) in [7, 11) is 0.406. The van der Waals surface area contributed by atoms with Crippen LogP contribution in [-0.2, 0) is 65.9 Å². The van der Waals surface area contributed by atoms with E-state index in [1.165, 1.54) is 67.1 Å². The van der Waals surface area contributed by atoms with Crippen LogP contribution in [0.4, 0.5) is 24.0 Å². The van der Waals surface area contributed by atoms with Crippen molar-refractivity contribution in [3.63, 3.8) is 0 Å². The van der Waals surface area contributed by atoms with Gasteiger partial charge in [-0.3, -0.25) is 24.1 Å². The highest BCUT2D eigenvalue weighted by molar-refractivity contribution is 6.75. The zero-order chi connectivity index (χ0) is 77.2. The molecule has 5 heterocycles. The molecule has 0 aliphatic carbocycles. The summed E-state index contributed by atoms with van der Waals surface area (Å²) >= 11 is 0. The van der Waals surface area contributed by atoms with Gasteiger partial charge in [0.2, 0.25) is 0 Å². The number of aliphatic hydroxyl groups excluding tert-OH is 2. The first-order chi connectivity index (χ1) is 44.9. The Balaban J connectivity index is 0.000000640. The fraction of sp³-hybridized carbons (Fsp3) is 0.652. The van der Waals surface area contributed by atoms with Crippen LogP contribution in [0.25, 0.3) is 0 Å². The van der Waals surface area contributed by atoms with Crippen molar-refractivity contribution >= 4 is 76.9 Å². The van der Waals surface area contributed by atoms with E-state index in [1.54, 1.807) is 105 Å². The minimum absolute atomic E-state index is 0.0483. The Hall–Kier alpha value is -7.81. The van der Waals surface area contributed by atoms with Gasteiger partial charge in [-0.2, -0.15) is 0 Å². The van der Waals surface area contributed by atoms with E-state index in [0.717, 1.165) is 9.47 Å². The third kappa shape index (κ3) is 28.4. The predicted octanol–water partition coefficient (Wildman–Crippen LogP) is 11.6. The van der Waals surface area contributed by atoms with Gasteiger partial charge in [-0.25, -0.2) is 47.7 Å². The van der Waals surface area contributed by atoms with Crippen molar-refractivity contribution in [3.8, 4) is 0 Å². The van der Waals surface area contributed by atoms with Crippen molar-refractivity contribution < 1.29 is 110 Å². The Morgan fingerprint density at radius 3 is 1.04 bits per heavy atom. The number of methoxy groups -OCH3 is 4. The van der Waals surface area contributed by atoms with Gasteiger partial charge in [0, 0.05) is 12.4 Å². The molecule has 2 N–H and O–H groups in total. The van der Waals surface area contributed by atoms with Crippen LogP contribution >= 0.6 is 0 Å². The molecule has 0 saturated carbocycles. The van der Waals surface area contributed by atoms with Crippen molar-refractivity contribution in [2.75, 3.05) is 48.3 Å². The number of amides is 3. The Morgan fingerprint density at radius 2 is 0.707 bits per heavy atom. The average Bonchev–Trinajstić information content (AvgIpc) is 1.64. The molecule has 0 saturated heterocycles. The second-order valence-electron chi connectivity index (χ2n) is 31.0. The molecule has 28 nitrogen and oxygen atoms in total. The van der Waals surface area contributed by atoms with Gasteiger partial charge in [-0.15, -0.1) is 0 Å². The summed E-state index contributed by atoms with van der Waals surface area (Å²) < 4.78 is 59.3. The third-order valence-corrected chi connectivity index (χ3v) is 23.7. The van der Waals surface area contributed by atoms with E-state index >= 15 is 0 Å². The largest absolute Gasteiger partial charge is 0.517 e. The van der Waals surface area contributed by atoms with Crippen LogP contribution in [0, 0.1) is 0 Å². The van der Waals surface area contributed by atoms with Crippen LogP contribution in [0.5, 0.6) is 0 Å². The number of hydrogen-bond donors (Lipinski definition) is 2. The van der Waals surface area contributed by atoms with E-state index in [9.17, 15) is 47.9 Å². The number of hydrogen-bond acceptors (Lipinski definition) is 23. The molecule has 99 heavy (non-hydrogen) atoms. The van der Waals surface area contributed by atoms with Crippen LogP contribution in [0.3, 0.4) is 0 Å². The first-order valence-electron chi connectivity index (χ1n) is 32.2. The highest BCUT2D eigenvalue weighted by Crippen LogP contribution is 2.39.